The maximum atomic E-state index is 12.3. The van der Waals surface area contributed by atoms with Crippen molar-refractivity contribution in [2.75, 3.05) is 32.6 Å². The number of aryl methyl sites for hydroxylation is 1. The van der Waals surface area contributed by atoms with Crippen molar-refractivity contribution in [1.82, 2.24) is 9.88 Å². The molecule has 0 spiro atoms. The van der Waals surface area contributed by atoms with Gasteiger partial charge in [-0.05, 0) is 17.7 Å². The summed E-state index contributed by atoms with van der Waals surface area (Å²) in [6, 6.07) is 17.6. The lowest BCUT2D eigenvalue weighted by Gasteiger charge is -2.18. The monoisotopic (exact) mass is 421 g/mol. The van der Waals surface area contributed by atoms with Crippen LogP contribution in [0.3, 0.4) is 0 Å². The summed E-state index contributed by atoms with van der Waals surface area (Å²) >= 11 is 0. The third-order valence-corrected chi connectivity index (χ3v) is 4.81. The number of benzene rings is 2. The number of hydrogen-bond donors (Lipinski definition) is 0. The van der Waals surface area contributed by atoms with Crippen molar-refractivity contribution in [3.63, 3.8) is 0 Å². The van der Waals surface area contributed by atoms with E-state index in [2.05, 4.69) is 4.98 Å². The normalized spacial score (nSPS) is 10.5. The average molecular weight is 421 g/mol. The summed E-state index contributed by atoms with van der Waals surface area (Å²) in [6.45, 7) is 0.161. The summed E-state index contributed by atoms with van der Waals surface area (Å²) in [5, 5.41) is 0. The summed E-state index contributed by atoms with van der Waals surface area (Å²) in [7, 11) is 5.64. The lowest BCUT2D eigenvalue weighted by molar-refractivity contribution is -0.151. The van der Waals surface area contributed by atoms with Gasteiger partial charge in [0.1, 0.15) is 0 Å². The van der Waals surface area contributed by atoms with Crippen LogP contribution in [0.25, 0.3) is 11.3 Å². The molecule has 2 aromatic carbocycles. The molecule has 0 radical (unpaired) electrons. The second-order valence-corrected chi connectivity index (χ2v) is 7.46. The van der Waals surface area contributed by atoms with E-state index in [4.69, 9.17) is 9.15 Å². The molecule has 0 aliphatic rings. The summed E-state index contributed by atoms with van der Waals surface area (Å²) in [5.74, 6) is 0.392. The maximum Gasteiger partial charge on any atom is 0.306 e. The fourth-order valence-electron chi connectivity index (χ4n) is 2.96. The van der Waals surface area contributed by atoms with Crippen molar-refractivity contribution >= 4 is 17.6 Å². The Kier molecular flexibility index (Phi) is 7.43. The molecule has 0 atom stereocenters. The summed E-state index contributed by atoms with van der Waals surface area (Å²) in [5.41, 5.74) is 3.02. The number of rotatable bonds is 9. The predicted molar refractivity (Wildman–Crippen MR) is 118 cm³/mol. The van der Waals surface area contributed by atoms with Gasteiger partial charge in [0.15, 0.2) is 18.3 Å². The van der Waals surface area contributed by atoms with Gasteiger partial charge in [-0.25, -0.2) is 4.98 Å². The maximum absolute atomic E-state index is 12.3. The number of esters is 1. The Morgan fingerprint density at radius 2 is 1.71 bits per heavy atom. The first-order chi connectivity index (χ1) is 14.9. The van der Waals surface area contributed by atoms with E-state index in [0.717, 1.165) is 16.8 Å². The van der Waals surface area contributed by atoms with Gasteiger partial charge in [-0.1, -0.05) is 42.5 Å². The van der Waals surface area contributed by atoms with Crippen molar-refractivity contribution in [2.45, 2.75) is 19.4 Å². The molecule has 31 heavy (non-hydrogen) atoms. The molecule has 0 aliphatic heterocycles. The Morgan fingerprint density at radius 3 is 2.39 bits per heavy atom. The smallest absolute Gasteiger partial charge is 0.306 e. The van der Waals surface area contributed by atoms with E-state index in [1.54, 1.807) is 13.2 Å². The van der Waals surface area contributed by atoms with Crippen LogP contribution in [0.1, 0.15) is 17.9 Å². The van der Waals surface area contributed by atoms with Crippen molar-refractivity contribution in [1.29, 1.82) is 0 Å². The Balaban J connectivity index is 1.40. The summed E-state index contributed by atoms with van der Waals surface area (Å²) in [6.07, 6.45) is 2.05. The number of nitrogens with zero attached hydrogens (tertiary/aromatic N) is 3. The largest absolute Gasteiger partial charge is 0.456 e. The van der Waals surface area contributed by atoms with E-state index in [9.17, 15) is 9.59 Å². The van der Waals surface area contributed by atoms with Crippen LogP contribution in [0.5, 0.6) is 0 Å². The Bertz CT molecular complexity index is 997. The minimum atomic E-state index is -0.462. The van der Waals surface area contributed by atoms with E-state index in [1.165, 1.54) is 4.90 Å². The molecule has 0 saturated carbocycles. The number of oxazole rings is 1. The van der Waals surface area contributed by atoms with Crippen molar-refractivity contribution in [3.05, 3.63) is 72.2 Å². The molecule has 3 aromatic rings. The Hall–Kier alpha value is -3.61. The Morgan fingerprint density at radius 1 is 1.00 bits per heavy atom. The second kappa shape index (κ2) is 10.4. The number of amides is 1. The number of hydrogen-bond acceptors (Lipinski definition) is 6. The standard InChI is InChI=1S/C24H27N3O4/c1-26(2)20-11-9-18(10-12-20)16-27(3)23(28)17-30-24(29)14-13-22-25-15-21(31-22)19-7-5-4-6-8-19/h4-12,15H,13-14,16-17H2,1-3H3. The number of ether oxygens (including phenoxy) is 1. The van der Waals surface area contributed by atoms with E-state index in [1.807, 2.05) is 73.6 Å². The molecule has 3 rings (SSSR count). The summed E-state index contributed by atoms with van der Waals surface area (Å²) in [4.78, 5) is 32.0. The first-order valence-corrected chi connectivity index (χ1v) is 10.1. The molecule has 0 aliphatic carbocycles. The molecule has 1 aromatic heterocycles. The SMILES string of the molecule is CN(Cc1ccc(N(C)C)cc1)C(=O)COC(=O)CCc1ncc(-c2ccccc2)o1. The minimum Gasteiger partial charge on any atom is -0.456 e. The Labute approximate surface area is 182 Å². The molecular formula is C24H27N3O4. The number of carbonyl (C=O) groups is 2. The first-order valence-electron chi connectivity index (χ1n) is 10.1. The highest BCUT2D eigenvalue weighted by Crippen LogP contribution is 2.20. The highest BCUT2D eigenvalue weighted by molar-refractivity contribution is 5.80. The highest BCUT2D eigenvalue weighted by atomic mass is 16.5. The third-order valence-electron chi connectivity index (χ3n) is 4.81. The van der Waals surface area contributed by atoms with E-state index in [-0.39, 0.29) is 18.9 Å². The average Bonchev–Trinajstić information content (AvgIpc) is 3.26. The van der Waals surface area contributed by atoms with Gasteiger partial charge in [-0.2, -0.15) is 0 Å². The van der Waals surface area contributed by atoms with Gasteiger partial charge in [0.25, 0.3) is 5.91 Å². The topological polar surface area (TPSA) is 75.9 Å². The first kappa shape index (κ1) is 22.1. The molecule has 1 amide bonds. The van der Waals surface area contributed by atoms with Crippen LogP contribution < -0.4 is 4.90 Å². The van der Waals surface area contributed by atoms with Crippen LogP contribution in [0.4, 0.5) is 5.69 Å². The number of anilines is 1. The van der Waals surface area contributed by atoms with Crippen LogP contribution in [0, 0.1) is 0 Å². The van der Waals surface area contributed by atoms with Crippen molar-refractivity contribution < 1.29 is 18.7 Å². The highest BCUT2D eigenvalue weighted by Gasteiger charge is 2.14. The van der Waals surface area contributed by atoms with Gasteiger partial charge in [-0.3, -0.25) is 9.59 Å². The van der Waals surface area contributed by atoms with Crippen molar-refractivity contribution in [3.8, 4) is 11.3 Å². The van der Waals surface area contributed by atoms with Gasteiger partial charge in [-0.15, -0.1) is 0 Å². The molecular weight excluding hydrogens is 394 g/mol. The second-order valence-electron chi connectivity index (χ2n) is 7.46. The van der Waals surface area contributed by atoms with Gasteiger partial charge in [0, 0.05) is 45.4 Å². The zero-order valence-electron chi connectivity index (χ0n) is 18.1. The third kappa shape index (κ3) is 6.44. The van der Waals surface area contributed by atoms with Crippen LogP contribution in [0.2, 0.25) is 0 Å². The molecule has 0 saturated heterocycles. The van der Waals surface area contributed by atoms with Gasteiger partial charge < -0.3 is 19.0 Å². The molecule has 7 nitrogen and oxygen atoms in total. The predicted octanol–water partition coefficient (Wildman–Crippen LogP) is 3.54. The number of carbonyl (C=O) groups excluding carboxylic acids is 2. The zero-order chi connectivity index (χ0) is 22.2. The van der Waals surface area contributed by atoms with Crippen molar-refractivity contribution in [2.24, 2.45) is 0 Å². The fourth-order valence-corrected chi connectivity index (χ4v) is 2.96. The lowest BCUT2D eigenvalue weighted by Crippen LogP contribution is -2.30. The van der Waals surface area contributed by atoms with Gasteiger partial charge in [0.2, 0.25) is 0 Å². The zero-order valence-corrected chi connectivity index (χ0v) is 18.1. The molecule has 7 heteroatoms. The molecule has 0 N–H and O–H groups in total. The molecule has 0 fully saturated rings. The van der Waals surface area contributed by atoms with E-state index >= 15 is 0 Å². The molecule has 1 heterocycles. The number of likely N-dealkylation sites (N-methyl/N-ethyl adjacent to an activating group) is 1. The van der Waals surface area contributed by atoms with Crippen LogP contribution >= 0.6 is 0 Å². The van der Waals surface area contributed by atoms with Gasteiger partial charge in [0.05, 0.1) is 12.6 Å². The quantitative estimate of drug-likeness (QED) is 0.492. The molecule has 0 bridgehead atoms. The number of aromatic nitrogens is 1. The summed E-state index contributed by atoms with van der Waals surface area (Å²) < 4.78 is 10.8. The van der Waals surface area contributed by atoms with Gasteiger partial charge >= 0.3 is 5.97 Å². The van der Waals surface area contributed by atoms with Crippen LogP contribution in [-0.2, 0) is 27.3 Å². The lowest BCUT2D eigenvalue weighted by atomic mass is 10.2. The van der Waals surface area contributed by atoms with E-state index < -0.39 is 5.97 Å². The van der Waals surface area contributed by atoms with Crippen LogP contribution in [0.15, 0.2) is 65.2 Å². The van der Waals surface area contributed by atoms with Crippen LogP contribution in [-0.4, -0.2) is 49.5 Å². The minimum absolute atomic E-state index is 0.0950. The van der Waals surface area contributed by atoms with E-state index in [0.29, 0.717) is 24.6 Å². The molecule has 0 unspecified atom stereocenters. The fraction of sp³-hybridized carbons (Fsp3) is 0.292. The molecule has 162 valence electrons.